The van der Waals surface area contributed by atoms with Gasteiger partial charge in [-0.1, -0.05) is 6.07 Å². The number of alkyl halides is 3. The average molecular weight is 607 g/mol. The van der Waals surface area contributed by atoms with E-state index >= 15 is 0 Å². The number of nitrogens with zero attached hydrogens (tertiary/aromatic N) is 6. The maximum absolute atomic E-state index is 13.1. The van der Waals surface area contributed by atoms with Crippen LogP contribution in [0.4, 0.5) is 30.4 Å². The minimum atomic E-state index is -4.60. The van der Waals surface area contributed by atoms with Gasteiger partial charge in [-0.15, -0.1) is 0 Å². The maximum atomic E-state index is 13.1. The number of anilines is 2. The summed E-state index contributed by atoms with van der Waals surface area (Å²) < 4.78 is 69.6. The van der Waals surface area contributed by atoms with Crippen LogP contribution in [-0.4, -0.2) is 39.5 Å². The molecule has 0 fully saturated rings. The number of benzene rings is 1. The molecule has 10 nitrogen and oxygen atoms in total. The van der Waals surface area contributed by atoms with Gasteiger partial charge in [0.05, 0.1) is 23.1 Å². The fourth-order valence-electron chi connectivity index (χ4n) is 4.88. The number of halogens is 3. The third-order valence-electron chi connectivity index (χ3n) is 6.90. The lowest BCUT2D eigenvalue weighted by molar-refractivity contribution is -0.137. The zero-order valence-electron chi connectivity index (χ0n) is 23.0. The van der Waals surface area contributed by atoms with Crippen molar-refractivity contribution in [1.82, 2.24) is 24.5 Å². The Bertz CT molecular complexity index is 1990. The van der Waals surface area contributed by atoms with Crippen LogP contribution in [0.5, 0.6) is 0 Å². The molecular weight excluding hydrogens is 581 g/mol. The van der Waals surface area contributed by atoms with E-state index in [9.17, 15) is 21.6 Å². The quantitative estimate of drug-likeness (QED) is 0.276. The van der Waals surface area contributed by atoms with E-state index in [4.69, 9.17) is 4.98 Å². The minimum Gasteiger partial charge on any atom is -0.369 e. The van der Waals surface area contributed by atoms with Gasteiger partial charge >= 0.3 is 6.18 Å². The van der Waals surface area contributed by atoms with E-state index in [2.05, 4.69) is 30.0 Å². The minimum absolute atomic E-state index is 0.215. The molecule has 2 N–H and O–H groups in total. The van der Waals surface area contributed by atoms with Crippen LogP contribution < -0.4 is 15.7 Å². The first-order valence-electron chi connectivity index (χ1n) is 13.2. The number of sulfonamides is 1. The summed E-state index contributed by atoms with van der Waals surface area (Å²) in [5, 5.41) is 3.40. The first-order chi connectivity index (χ1) is 20.4. The molecule has 0 spiro atoms. The molecule has 3 aromatic rings. The highest BCUT2D eigenvalue weighted by Crippen LogP contribution is 2.39. The van der Waals surface area contributed by atoms with Gasteiger partial charge in [-0.2, -0.15) is 18.2 Å². The number of nitrogens with one attached hydrogen (secondary N) is 2. The predicted octanol–water partition coefficient (Wildman–Crippen LogP) is 5.08. The van der Waals surface area contributed by atoms with E-state index in [-0.39, 0.29) is 11.4 Å². The first-order valence-corrected chi connectivity index (χ1v) is 14.9. The normalized spacial score (nSPS) is 13.7. The largest absolute Gasteiger partial charge is 0.416 e. The third-order valence-corrected chi connectivity index (χ3v) is 8.12. The molecule has 3 aliphatic rings. The summed E-state index contributed by atoms with van der Waals surface area (Å²) in [5.74, 6) is 0.790. The molecule has 14 heteroatoms. The van der Waals surface area contributed by atoms with Gasteiger partial charge < -0.3 is 9.88 Å². The van der Waals surface area contributed by atoms with Gasteiger partial charge in [0.2, 0.25) is 10.0 Å². The smallest absolute Gasteiger partial charge is 0.369 e. The van der Waals surface area contributed by atoms with Gasteiger partial charge in [0, 0.05) is 48.0 Å². The number of aryl methyl sites for hydroxylation is 2. The maximum Gasteiger partial charge on any atom is 0.416 e. The van der Waals surface area contributed by atoms with E-state index in [0.717, 1.165) is 52.1 Å². The lowest BCUT2D eigenvalue weighted by Crippen LogP contribution is -2.18. The molecule has 3 aliphatic heterocycles. The van der Waals surface area contributed by atoms with Crippen molar-refractivity contribution in [3.8, 4) is 22.5 Å². The summed E-state index contributed by atoms with van der Waals surface area (Å²) in [6, 6.07) is 12.3. The van der Waals surface area contributed by atoms with E-state index in [1.807, 2.05) is 36.6 Å². The van der Waals surface area contributed by atoms with Crippen LogP contribution in [0.2, 0.25) is 0 Å². The molecule has 0 unspecified atom stereocenters. The van der Waals surface area contributed by atoms with E-state index in [1.165, 1.54) is 0 Å². The van der Waals surface area contributed by atoms with Crippen molar-refractivity contribution in [1.29, 1.82) is 0 Å². The number of pyridine rings is 3. The summed E-state index contributed by atoms with van der Waals surface area (Å²) in [5.41, 5.74) is 4.14. The second-order valence-electron chi connectivity index (χ2n) is 10.1. The Kier molecular flexibility index (Phi) is 7.08. The summed E-state index contributed by atoms with van der Waals surface area (Å²) >= 11 is 0. The molecule has 0 bridgehead atoms. The van der Waals surface area contributed by atoms with E-state index in [1.54, 1.807) is 30.6 Å². The standard InChI is InChI=1S/C29H25F3N8O2S/c1-17-3-5-21(39-43(41,42)16-23-12-20(7-8-33-23)29(30,31)32)13-24(17)25-11-19-14-36-28(37-22-6-4-18(2)35-15-22)38-26(19)40-10-9-34-27(25)40/h3-8,11-15,34,39H,9-10,16H2,1-2H3. The van der Waals surface area contributed by atoms with Gasteiger partial charge in [-0.25, -0.2) is 18.4 Å². The van der Waals surface area contributed by atoms with Crippen molar-refractivity contribution < 1.29 is 21.6 Å². The average Bonchev–Trinajstić information content (AvgIpc) is 3.45. The van der Waals surface area contributed by atoms with Gasteiger partial charge in [-0.05, 0) is 67.4 Å². The van der Waals surface area contributed by atoms with Crippen LogP contribution in [0.15, 0.2) is 72.1 Å². The van der Waals surface area contributed by atoms with Crippen molar-refractivity contribution in [2.75, 3.05) is 16.6 Å². The van der Waals surface area contributed by atoms with E-state index in [0.29, 0.717) is 30.2 Å². The Hall–Kier alpha value is -4.85. The van der Waals surface area contributed by atoms with Crippen LogP contribution in [0.1, 0.15) is 22.5 Å². The summed E-state index contributed by atoms with van der Waals surface area (Å²) in [6.07, 6.45) is -0.303. The number of fused-ring (bicyclic) bond motifs is 3. The van der Waals surface area contributed by atoms with Crippen molar-refractivity contribution >= 4 is 27.2 Å². The van der Waals surface area contributed by atoms with Crippen molar-refractivity contribution in [2.24, 2.45) is 4.99 Å². The van der Waals surface area contributed by atoms with E-state index < -0.39 is 27.5 Å². The number of rotatable bonds is 6. The Morgan fingerprint density at radius 3 is 2.60 bits per heavy atom. The van der Waals surface area contributed by atoms with Crippen molar-refractivity contribution in [3.05, 3.63) is 95.3 Å². The molecule has 5 heterocycles. The van der Waals surface area contributed by atoms with Gasteiger partial charge in [0.25, 0.3) is 5.62 Å². The molecule has 0 amide bonds. The molecule has 220 valence electrons. The fourth-order valence-corrected chi connectivity index (χ4v) is 5.99. The lowest BCUT2D eigenvalue weighted by atomic mass is 9.98. The predicted molar refractivity (Wildman–Crippen MR) is 155 cm³/mol. The van der Waals surface area contributed by atoms with Crippen molar-refractivity contribution in [3.63, 3.8) is 0 Å². The van der Waals surface area contributed by atoms with Crippen LogP contribution >= 0.6 is 0 Å². The molecule has 43 heavy (non-hydrogen) atoms. The second-order valence-corrected chi connectivity index (χ2v) is 11.9. The third kappa shape index (κ3) is 6.04. The van der Waals surface area contributed by atoms with Crippen LogP contribution in [0, 0.1) is 13.8 Å². The summed E-state index contributed by atoms with van der Waals surface area (Å²) in [4.78, 5) is 21.7. The highest BCUT2D eigenvalue weighted by Gasteiger charge is 2.31. The Morgan fingerprint density at radius 2 is 1.84 bits per heavy atom. The van der Waals surface area contributed by atoms with Crippen LogP contribution in [0.3, 0.4) is 0 Å². The van der Waals surface area contributed by atoms with Crippen LogP contribution in [0.25, 0.3) is 22.5 Å². The summed E-state index contributed by atoms with van der Waals surface area (Å²) in [6.45, 7) is 5.12. The first kappa shape index (κ1) is 28.3. The Labute approximate surface area is 244 Å². The molecular formula is C29H25F3N8O2S. The fraction of sp³-hybridized carbons (Fsp3) is 0.207. The topological polar surface area (TPSA) is 127 Å². The zero-order valence-corrected chi connectivity index (χ0v) is 23.8. The molecule has 0 saturated heterocycles. The van der Waals surface area contributed by atoms with Gasteiger partial charge in [0.15, 0.2) is 0 Å². The van der Waals surface area contributed by atoms with Gasteiger partial charge in [-0.3, -0.25) is 14.7 Å². The highest BCUT2D eigenvalue weighted by atomic mass is 32.2. The van der Waals surface area contributed by atoms with Crippen LogP contribution in [-0.2, 0) is 28.5 Å². The monoisotopic (exact) mass is 606 g/mol. The number of hydrogen-bond acceptors (Lipinski definition) is 8. The lowest BCUT2D eigenvalue weighted by Gasteiger charge is -2.19. The van der Waals surface area contributed by atoms with Gasteiger partial charge in [0.1, 0.15) is 17.4 Å². The number of aromatic nitrogens is 5. The molecule has 1 aromatic carbocycles. The highest BCUT2D eigenvalue weighted by molar-refractivity contribution is 7.91. The Balaban J connectivity index is 1.34. The number of hydrogen-bond donors (Lipinski definition) is 2. The molecule has 0 atom stereocenters. The molecule has 0 radical (unpaired) electrons. The molecule has 0 aliphatic carbocycles. The Morgan fingerprint density at radius 1 is 1.00 bits per heavy atom. The molecule has 2 aromatic heterocycles. The SMILES string of the molecule is Cc1ccc(N=c2ncc3cc(-c4cc(NS(=O)(=O)Cc5cc(C(F)(F)F)ccn5)ccc4C)c4n(c-3n2)CCN4)cn1. The summed E-state index contributed by atoms with van der Waals surface area (Å²) in [7, 11) is -4.08. The zero-order chi connectivity index (χ0) is 30.4. The van der Waals surface area contributed by atoms with Crippen molar-refractivity contribution in [2.45, 2.75) is 32.3 Å². The second kappa shape index (κ2) is 10.8. The molecule has 0 saturated carbocycles. The molecule has 6 rings (SSSR count).